The third kappa shape index (κ3) is 5.42. The van der Waals surface area contributed by atoms with Gasteiger partial charge in [0.25, 0.3) is 5.91 Å². The molecule has 0 aliphatic heterocycles. The number of aryl methyl sites for hydroxylation is 1. The average molecular weight is 409 g/mol. The van der Waals surface area contributed by atoms with E-state index in [0.29, 0.717) is 28.6 Å². The van der Waals surface area contributed by atoms with Crippen LogP contribution < -0.4 is 20.5 Å². The van der Waals surface area contributed by atoms with Crippen LogP contribution in [0.3, 0.4) is 0 Å². The van der Waals surface area contributed by atoms with Gasteiger partial charge in [-0.1, -0.05) is 0 Å². The Labute approximate surface area is 173 Å². The van der Waals surface area contributed by atoms with Crippen LogP contribution in [0.4, 0.5) is 5.82 Å². The Kier molecular flexibility index (Phi) is 6.43. The molecule has 9 heteroatoms. The summed E-state index contributed by atoms with van der Waals surface area (Å²) in [5, 5.41) is 6.88. The van der Waals surface area contributed by atoms with E-state index in [0.717, 1.165) is 0 Å². The number of ether oxygens (including phenoxy) is 2. The van der Waals surface area contributed by atoms with Crippen LogP contribution >= 0.6 is 0 Å². The van der Waals surface area contributed by atoms with Crippen LogP contribution in [0, 0.1) is 0 Å². The van der Waals surface area contributed by atoms with Gasteiger partial charge in [0.05, 0.1) is 18.8 Å². The summed E-state index contributed by atoms with van der Waals surface area (Å²) in [5.41, 5.74) is 5.95. The number of nitrogens with zero attached hydrogens (tertiary/aromatic N) is 3. The van der Waals surface area contributed by atoms with Gasteiger partial charge in [-0.2, -0.15) is 5.10 Å². The predicted molar refractivity (Wildman–Crippen MR) is 111 cm³/mol. The zero-order valence-electron chi connectivity index (χ0n) is 17.0. The lowest BCUT2D eigenvalue weighted by molar-refractivity contribution is 0.0994. The van der Waals surface area contributed by atoms with Crippen LogP contribution in [0.5, 0.6) is 17.2 Å². The summed E-state index contributed by atoms with van der Waals surface area (Å²) in [4.78, 5) is 28.3. The molecule has 0 fully saturated rings. The molecule has 0 aliphatic carbocycles. The maximum Gasteiger partial charge on any atom is 0.257 e. The number of nitrogens with one attached hydrogen (secondary N) is 1. The second kappa shape index (κ2) is 9.19. The molecule has 0 radical (unpaired) electrons. The Morgan fingerprint density at radius 1 is 1.13 bits per heavy atom. The van der Waals surface area contributed by atoms with Gasteiger partial charge < -0.3 is 20.5 Å². The molecule has 0 bridgehead atoms. The van der Waals surface area contributed by atoms with Crippen molar-refractivity contribution in [3.8, 4) is 17.2 Å². The summed E-state index contributed by atoms with van der Waals surface area (Å²) in [5.74, 6) is 1.10. The number of benzene rings is 1. The molecule has 156 valence electrons. The monoisotopic (exact) mass is 409 g/mol. The summed E-state index contributed by atoms with van der Waals surface area (Å²) < 4.78 is 13.2. The van der Waals surface area contributed by atoms with Gasteiger partial charge in [0.15, 0.2) is 11.6 Å². The number of anilines is 1. The number of carbonyl (C=O) groups is 2. The van der Waals surface area contributed by atoms with Crippen LogP contribution in [-0.2, 0) is 7.05 Å². The van der Waals surface area contributed by atoms with E-state index >= 15 is 0 Å². The molecule has 2 heterocycles. The third-order valence-corrected chi connectivity index (χ3v) is 3.91. The number of pyridine rings is 1. The molecule has 3 aromatic rings. The van der Waals surface area contributed by atoms with Gasteiger partial charge in [-0.05, 0) is 38.1 Å². The van der Waals surface area contributed by atoms with Crippen molar-refractivity contribution in [3.05, 3.63) is 60.0 Å². The number of nitrogens with two attached hydrogens (primary N) is 1. The van der Waals surface area contributed by atoms with Crippen molar-refractivity contribution in [2.24, 2.45) is 12.8 Å². The lowest BCUT2D eigenvalue weighted by atomic mass is 10.2. The van der Waals surface area contributed by atoms with Crippen molar-refractivity contribution in [1.29, 1.82) is 0 Å². The minimum absolute atomic E-state index is 0.0878. The van der Waals surface area contributed by atoms with Crippen molar-refractivity contribution in [2.75, 3.05) is 11.9 Å². The lowest BCUT2D eigenvalue weighted by Crippen LogP contribution is -2.14. The molecule has 2 aromatic heterocycles. The fourth-order valence-electron chi connectivity index (χ4n) is 2.62. The molecule has 3 N–H and O–H groups in total. The van der Waals surface area contributed by atoms with Gasteiger partial charge in [-0.3, -0.25) is 14.3 Å². The second-order valence-electron chi connectivity index (χ2n) is 6.80. The Hall–Kier alpha value is -3.72. The number of carbonyl (C=O) groups excluding carboxylic acids is 2. The van der Waals surface area contributed by atoms with Crippen LogP contribution in [-0.4, -0.2) is 39.1 Å². The number of rotatable bonds is 8. The highest BCUT2D eigenvalue weighted by Gasteiger charge is 2.14. The molecular formula is C21H23N5O4. The first-order chi connectivity index (χ1) is 14.3. The van der Waals surface area contributed by atoms with E-state index in [9.17, 15) is 9.59 Å². The van der Waals surface area contributed by atoms with Gasteiger partial charge >= 0.3 is 0 Å². The molecule has 0 atom stereocenters. The number of Topliss-reactive ketones (excluding diaryl/α,β-unsaturated/α-hetero) is 1. The Balaban J connectivity index is 1.84. The van der Waals surface area contributed by atoms with E-state index in [1.165, 1.54) is 12.3 Å². The highest BCUT2D eigenvalue weighted by molar-refractivity contribution is 6.04. The van der Waals surface area contributed by atoms with E-state index in [2.05, 4.69) is 15.4 Å². The van der Waals surface area contributed by atoms with Gasteiger partial charge in [-0.15, -0.1) is 0 Å². The summed E-state index contributed by atoms with van der Waals surface area (Å²) in [6.07, 6.45) is 3.07. The maximum atomic E-state index is 12.7. The summed E-state index contributed by atoms with van der Waals surface area (Å²) in [6, 6.07) is 9.74. The Morgan fingerprint density at radius 2 is 1.90 bits per heavy atom. The van der Waals surface area contributed by atoms with Gasteiger partial charge in [0.1, 0.15) is 22.9 Å². The number of hydrogen-bond acceptors (Lipinski definition) is 7. The van der Waals surface area contributed by atoms with Crippen molar-refractivity contribution in [2.45, 2.75) is 20.0 Å². The average Bonchev–Trinajstić information content (AvgIpc) is 3.11. The molecule has 0 aliphatic rings. The molecule has 0 saturated carbocycles. The van der Waals surface area contributed by atoms with Crippen LogP contribution in [0.25, 0.3) is 0 Å². The quantitative estimate of drug-likeness (QED) is 0.549. The van der Waals surface area contributed by atoms with E-state index in [1.54, 1.807) is 48.3 Å². The molecule has 9 nitrogen and oxygen atoms in total. The topological polar surface area (TPSA) is 121 Å². The fourth-order valence-corrected chi connectivity index (χ4v) is 2.62. The number of amides is 1. The van der Waals surface area contributed by atoms with Crippen molar-refractivity contribution >= 4 is 17.5 Å². The van der Waals surface area contributed by atoms with Gasteiger partial charge in [-0.25, -0.2) is 4.98 Å². The molecule has 0 spiro atoms. The van der Waals surface area contributed by atoms with Crippen molar-refractivity contribution in [3.63, 3.8) is 0 Å². The Morgan fingerprint density at radius 3 is 2.50 bits per heavy atom. The smallest absolute Gasteiger partial charge is 0.257 e. The zero-order chi connectivity index (χ0) is 21.7. The number of hydrogen-bond donors (Lipinski definition) is 2. The minimum atomic E-state index is -0.352. The SMILES string of the molecule is CC(C)Oc1cc(Oc2ccc(C(=O)CN)nc2)cc(C(=O)Nc2ccn(C)n2)c1. The first kappa shape index (κ1) is 21.0. The van der Waals surface area contributed by atoms with Crippen LogP contribution in [0.1, 0.15) is 34.7 Å². The van der Waals surface area contributed by atoms with Crippen LogP contribution in [0.2, 0.25) is 0 Å². The summed E-state index contributed by atoms with van der Waals surface area (Å²) >= 11 is 0. The standard InChI is InChI=1S/C21H23N5O4/c1-13(2)29-16-8-14(21(28)24-20-6-7-26(3)25-20)9-17(10-16)30-15-4-5-18(23-12-15)19(27)11-22/h4-10,12-13H,11,22H2,1-3H3,(H,24,25,28). The molecule has 0 unspecified atom stereocenters. The van der Waals surface area contributed by atoms with Crippen molar-refractivity contribution in [1.82, 2.24) is 14.8 Å². The normalized spacial score (nSPS) is 10.7. The molecule has 0 saturated heterocycles. The fraction of sp³-hybridized carbons (Fsp3) is 0.238. The molecular weight excluding hydrogens is 386 g/mol. The molecule has 3 rings (SSSR count). The lowest BCUT2D eigenvalue weighted by Gasteiger charge is -2.14. The first-order valence-electron chi connectivity index (χ1n) is 9.34. The van der Waals surface area contributed by atoms with E-state index < -0.39 is 0 Å². The summed E-state index contributed by atoms with van der Waals surface area (Å²) in [7, 11) is 1.76. The minimum Gasteiger partial charge on any atom is -0.491 e. The van der Waals surface area contributed by atoms with E-state index in [-0.39, 0.29) is 30.0 Å². The third-order valence-electron chi connectivity index (χ3n) is 3.91. The largest absolute Gasteiger partial charge is 0.491 e. The molecule has 1 aromatic carbocycles. The zero-order valence-corrected chi connectivity index (χ0v) is 17.0. The van der Waals surface area contributed by atoms with E-state index in [1.807, 2.05) is 13.8 Å². The van der Waals surface area contributed by atoms with Gasteiger partial charge in [0, 0.05) is 30.9 Å². The molecule has 30 heavy (non-hydrogen) atoms. The second-order valence-corrected chi connectivity index (χ2v) is 6.80. The highest BCUT2D eigenvalue weighted by atomic mass is 16.5. The first-order valence-corrected chi connectivity index (χ1v) is 9.34. The number of ketones is 1. The van der Waals surface area contributed by atoms with Crippen molar-refractivity contribution < 1.29 is 19.1 Å². The molecule has 1 amide bonds. The van der Waals surface area contributed by atoms with Crippen LogP contribution in [0.15, 0.2) is 48.8 Å². The Bertz CT molecular complexity index is 1040. The maximum absolute atomic E-state index is 12.7. The van der Waals surface area contributed by atoms with E-state index in [4.69, 9.17) is 15.2 Å². The predicted octanol–water partition coefficient (Wildman–Crippen LogP) is 2.79. The number of aromatic nitrogens is 3. The van der Waals surface area contributed by atoms with Gasteiger partial charge in [0.2, 0.25) is 0 Å². The highest BCUT2D eigenvalue weighted by Crippen LogP contribution is 2.28. The summed E-state index contributed by atoms with van der Waals surface area (Å²) in [6.45, 7) is 3.66.